The van der Waals surface area contributed by atoms with Crippen LogP contribution in [0, 0.1) is 0 Å². The van der Waals surface area contributed by atoms with Crippen LogP contribution in [0.3, 0.4) is 0 Å². The van der Waals surface area contributed by atoms with Gasteiger partial charge in [0.1, 0.15) is 0 Å². The van der Waals surface area contributed by atoms with Crippen LogP contribution < -0.4 is 9.47 Å². The molecule has 0 saturated heterocycles. The highest BCUT2D eigenvalue weighted by Crippen LogP contribution is 2.32. The van der Waals surface area contributed by atoms with Crippen LogP contribution in [0.1, 0.15) is 19.4 Å². The zero-order chi connectivity index (χ0) is 15.2. The Morgan fingerprint density at radius 3 is 2.00 bits per heavy atom. The maximum Gasteiger partial charge on any atom is 0.161 e. The highest BCUT2D eigenvalue weighted by molar-refractivity contribution is 5.86. The minimum atomic E-state index is 0. The van der Waals surface area contributed by atoms with Crippen LogP contribution in [-0.4, -0.2) is 38.8 Å². The number of ether oxygens (including phenoxy) is 2. The van der Waals surface area contributed by atoms with Gasteiger partial charge in [-0.3, -0.25) is 0 Å². The van der Waals surface area contributed by atoms with E-state index >= 15 is 0 Å². The first kappa shape index (κ1) is 18.6. The predicted molar refractivity (Wildman–Crippen MR) is 95.8 cm³/mol. The lowest BCUT2D eigenvalue weighted by Gasteiger charge is -2.18. The third kappa shape index (κ3) is 4.28. The molecule has 0 fully saturated rings. The molecule has 0 heterocycles. The van der Waals surface area contributed by atoms with Crippen molar-refractivity contribution in [3.05, 3.63) is 35.9 Å². The van der Waals surface area contributed by atoms with Gasteiger partial charge in [-0.1, -0.05) is 32.0 Å². The van der Waals surface area contributed by atoms with Crippen molar-refractivity contribution in [2.75, 3.05) is 33.9 Å². The molecule has 0 atom stereocenters. The lowest BCUT2D eigenvalue weighted by molar-refractivity contribution is 0.308. The third-order valence-electron chi connectivity index (χ3n) is 4.02. The Hall–Kier alpha value is -1.45. The molecule has 3 nitrogen and oxygen atoms in total. The van der Waals surface area contributed by atoms with Crippen molar-refractivity contribution >= 4 is 23.2 Å². The monoisotopic (exact) mass is 323 g/mol. The van der Waals surface area contributed by atoms with E-state index in [1.165, 1.54) is 16.3 Å². The molecule has 2 rings (SSSR count). The molecule has 0 unspecified atom stereocenters. The summed E-state index contributed by atoms with van der Waals surface area (Å²) in [6.45, 7) is 7.73. The summed E-state index contributed by atoms with van der Waals surface area (Å²) < 4.78 is 10.7. The predicted octanol–water partition coefficient (Wildman–Crippen LogP) is 4.16. The molecular formula is C18H26ClNO2. The van der Waals surface area contributed by atoms with Gasteiger partial charge in [0, 0.05) is 6.54 Å². The first-order valence-electron chi connectivity index (χ1n) is 7.58. The van der Waals surface area contributed by atoms with E-state index in [9.17, 15) is 0 Å². The van der Waals surface area contributed by atoms with Gasteiger partial charge in [-0.2, -0.15) is 0 Å². The van der Waals surface area contributed by atoms with Crippen LogP contribution in [0.15, 0.2) is 30.3 Å². The second-order valence-corrected chi connectivity index (χ2v) is 5.17. The number of fused-ring (bicyclic) bond motifs is 1. The number of halogens is 1. The molecule has 22 heavy (non-hydrogen) atoms. The molecule has 0 radical (unpaired) electrons. The van der Waals surface area contributed by atoms with Crippen LogP contribution in [0.2, 0.25) is 0 Å². The SMILES string of the molecule is CCN(CC)CCc1ccc2cc(OC)c(OC)cc2c1.Cl. The number of rotatable bonds is 7. The molecule has 0 aliphatic carbocycles. The van der Waals surface area contributed by atoms with Gasteiger partial charge >= 0.3 is 0 Å². The molecule has 0 aliphatic heterocycles. The van der Waals surface area contributed by atoms with Gasteiger partial charge in [0.25, 0.3) is 0 Å². The van der Waals surface area contributed by atoms with Gasteiger partial charge in [-0.15, -0.1) is 12.4 Å². The summed E-state index contributed by atoms with van der Waals surface area (Å²) in [7, 11) is 3.34. The second-order valence-electron chi connectivity index (χ2n) is 5.17. The Morgan fingerprint density at radius 2 is 1.45 bits per heavy atom. The van der Waals surface area contributed by atoms with E-state index in [0.717, 1.165) is 37.6 Å². The fourth-order valence-corrected chi connectivity index (χ4v) is 2.61. The molecule has 4 heteroatoms. The standard InChI is InChI=1S/C18H25NO2.ClH/c1-5-19(6-2)10-9-14-7-8-15-12-17(20-3)18(21-4)13-16(15)11-14;/h7-8,11-13H,5-6,9-10H2,1-4H3;1H. The Balaban J connectivity index is 0.00000242. The topological polar surface area (TPSA) is 21.7 Å². The molecule has 2 aromatic rings. The average Bonchev–Trinajstić information content (AvgIpc) is 2.54. The van der Waals surface area contributed by atoms with E-state index in [0.29, 0.717) is 0 Å². The summed E-state index contributed by atoms with van der Waals surface area (Å²) >= 11 is 0. The fourth-order valence-electron chi connectivity index (χ4n) is 2.61. The van der Waals surface area contributed by atoms with E-state index in [2.05, 4.69) is 43.0 Å². The number of likely N-dealkylation sites (N-methyl/N-ethyl adjacent to an activating group) is 1. The van der Waals surface area contributed by atoms with Crippen LogP contribution in [-0.2, 0) is 6.42 Å². The van der Waals surface area contributed by atoms with Crippen LogP contribution >= 0.6 is 12.4 Å². The second kappa shape index (κ2) is 8.86. The van der Waals surface area contributed by atoms with Crippen LogP contribution in [0.25, 0.3) is 10.8 Å². The highest BCUT2D eigenvalue weighted by atomic mass is 35.5. The summed E-state index contributed by atoms with van der Waals surface area (Å²) in [6.07, 6.45) is 1.08. The average molecular weight is 324 g/mol. The summed E-state index contributed by atoms with van der Waals surface area (Å²) in [4.78, 5) is 2.44. The Kier molecular flexibility index (Phi) is 7.49. The number of hydrogen-bond donors (Lipinski definition) is 0. The van der Waals surface area contributed by atoms with E-state index in [1.54, 1.807) is 14.2 Å². The Bertz CT molecular complexity index is 597. The van der Waals surface area contributed by atoms with E-state index in [4.69, 9.17) is 9.47 Å². The molecule has 0 N–H and O–H groups in total. The first-order valence-corrected chi connectivity index (χ1v) is 7.58. The smallest absolute Gasteiger partial charge is 0.161 e. The summed E-state index contributed by atoms with van der Waals surface area (Å²) in [5.41, 5.74) is 1.36. The molecule has 0 saturated carbocycles. The minimum absolute atomic E-state index is 0. The normalized spacial score (nSPS) is 10.6. The van der Waals surface area contributed by atoms with Crippen molar-refractivity contribution < 1.29 is 9.47 Å². The van der Waals surface area contributed by atoms with Gasteiger partial charge in [-0.25, -0.2) is 0 Å². The van der Waals surface area contributed by atoms with Gasteiger partial charge in [0.2, 0.25) is 0 Å². The summed E-state index contributed by atoms with van der Waals surface area (Å²) in [5, 5.41) is 2.38. The fraction of sp³-hybridized carbons (Fsp3) is 0.444. The lowest BCUT2D eigenvalue weighted by atomic mass is 10.0. The van der Waals surface area contributed by atoms with Gasteiger partial charge in [-0.05, 0) is 48.0 Å². The zero-order valence-electron chi connectivity index (χ0n) is 13.9. The minimum Gasteiger partial charge on any atom is -0.493 e. The van der Waals surface area contributed by atoms with Crippen molar-refractivity contribution in [3.63, 3.8) is 0 Å². The van der Waals surface area contributed by atoms with Gasteiger partial charge < -0.3 is 14.4 Å². The first-order chi connectivity index (χ1) is 10.2. The van der Waals surface area contributed by atoms with Crippen LogP contribution in [0.5, 0.6) is 11.5 Å². The van der Waals surface area contributed by atoms with Crippen molar-refractivity contribution in [1.82, 2.24) is 4.90 Å². The number of nitrogens with zero attached hydrogens (tertiary/aromatic N) is 1. The van der Waals surface area contributed by atoms with E-state index < -0.39 is 0 Å². The highest BCUT2D eigenvalue weighted by Gasteiger charge is 2.07. The molecule has 122 valence electrons. The molecule has 2 aromatic carbocycles. The van der Waals surface area contributed by atoms with Crippen molar-refractivity contribution in [2.24, 2.45) is 0 Å². The number of benzene rings is 2. The van der Waals surface area contributed by atoms with Crippen LogP contribution in [0.4, 0.5) is 0 Å². The quantitative estimate of drug-likeness (QED) is 0.763. The van der Waals surface area contributed by atoms with E-state index in [-0.39, 0.29) is 12.4 Å². The van der Waals surface area contributed by atoms with Crippen molar-refractivity contribution in [1.29, 1.82) is 0 Å². The van der Waals surface area contributed by atoms with Crippen molar-refractivity contribution in [2.45, 2.75) is 20.3 Å². The Morgan fingerprint density at radius 1 is 0.864 bits per heavy atom. The maximum absolute atomic E-state index is 5.38. The zero-order valence-corrected chi connectivity index (χ0v) is 14.7. The number of hydrogen-bond acceptors (Lipinski definition) is 3. The van der Waals surface area contributed by atoms with Gasteiger partial charge in [0.15, 0.2) is 11.5 Å². The molecule has 0 aromatic heterocycles. The summed E-state index contributed by atoms with van der Waals surface area (Å²) in [5.74, 6) is 1.56. The molecular weight excluding hydrogens is 298 g/mol. The van der Waals surface area contributed by atoms with E-state index in [1.807, 2.05) is 6.07 Å². The molecule has 0 aliphatic rings. The largest absolute Gasteiger partial charge is 0.493 e. The molecule has 0 spiro atoms. The van der Waals surface area contributed by atoms with Gasteiger partial charge in [0.05, 0.1) is 14.2 Å². The number of methoxy groups -OCH3 is 2. The molecule has 0 bridgehead atoms. The Labute approximate surface area is 139 Å². The maximum atomic E-state index is 5.38. The third-order valence-corrected chi connectivity index (χ3v) is 4.02. The molecule has 0 amide bonds. The summed E-state index contributed by atoms with van der Waals surface area (Å²) in [6, 6.07) is 10.7. The lowest BCUT2D eigenvalue weighted by Crippen LogP contribution is -2.25. The van der Waals surface area contributed by atoms with Crippen molar-refractivity contribution in [3.8, 4) is 11.5 Å².